The van der Waals surface area contributed by atoms with Gasteiger partial charge in [-0.1, -0.05) is 6.92 Å². The van der Waals surface area contributed by atoms with Crippen LogP contribution in [0.5, 0.6) is 0 Å². The molecule has 82 valence electrons. The highest BCUT2D eigenvalue weighted by Gasteiger charge is 2.24. The zero-order chi connectivity index (χ0) is 10.6. The molecule has 4 nitrogen and oxygen atoms in total. The van der Waals surface area contributed by atoms with Gasteiger partial charge in [-0.15, -0.1) is 0 Å². The zero-order valence-electron chi connectivity index (χ0n) is 9.20. The number of nitrogens with two attached hydrogens (primary N) is 1. The Hall–Kier alpha value is -0.770. The SMILES string of the molecule is CC1CCN(C(=O)N(C)CCCN)C1. The first-order valence-corrected chi connectivity index (χ1v) is 5.35. The summed E-state index contributed by atoms with van der Waals surface area (Å²) in [5.41, 5.74) is 5.40. The van der Waals surface area contributed by atoms with Crippen molar-refractivity contribution in [3.63, 3.8) is 0 Å². The van der Waals surface area contributed by atoms with Crippen LogP contribution in [0, 0.1) is 5.92 Å². The van der Waals surface area contributed by atoms with Gasteiger partial charge in [0.2, 0.25) is 0 Å². The number of amides is 2. The van der Waals surface area contributed by atoms with Gasteiger partial charge in [0.15, 0.2) is 0 Å². The van der Waals surface area contributed by atoms with Crippen LogP contribution in [0.25, 0.3) is 0 Å². The van der Waals surface area contributed by atoms with E-state index < -0.39 is 0 Å². The van der Waals surface area contributed by atoms with Gasteiger partial charge in [0.05, 0.1) is 0 Å². The van der Waals surface area contributed by atoms with Crippen LogP contribution in [-0.4, -0.2) is 49.1 Å². The van der Waals surface area contributed by atoms with Crippen molar-refractivity contribution < 1.29 is 4.79 Å². The third-order valence-electron chi connectivity index (χ3n) is 2.72. The van der Waals surface area contributed by atoms with Crippen LogP contribution in [0.1, 0.15) is 19.8 Å². The average Bonchev–Trinajstić information content (AvgIpc) is 2.60. The van der Waals surface area contributed by atoms with E-state index in [1.54, 1.807) is 4.90 Å². The summed E-state index contributed by atoms with van der Waals surface area (Å²) in [5, 5.41) is 0. The number of carbonyl (C=O) groups excluding carboxylic acids is 1. The molecular formula is C10H21N3O. The molecule has 1 heterocycles. The lowest BCUT2D eigenvalue weighted by Crippen LogP contribution is -2.40. The van der Waals surface area contributed by atoms with Crippen molar-refractivity contribution in [1.82, 2.24) is 9.80 Å². The Balaban J connectivity index is 2.32. The molecule has 1 saturated heterocycles. The summed E-state index contributed by atoms with van der Waals surface area (Å²) in [5.74, 6) is 0.654. The molecule has 0 spiro atoms. The number of hydrogen-bond acceptors (Lipinski definition) is 2. The summed E-state index contributed by atoms with van der Waals surface area (Å²) in [6.07, 6.45) is 2.02. The van der Waals surface area contributed by atoms with Crippen molar-refractivity contribution >= 4 is 6.03 Å². The predicted molar refractivity (Wildman–Crippen MR) is 57.1 cm³/mol. The predicted octanol–water partition coefficient (Wildman–Crippen LogP) is 0.729. The number of likely N-dealkylation sites (tertiary alicyclic amines) is 1. The van der Waals surface area contributed by atoms with E-state index in [0.717, 1.165) is 32.5 Å². The first-order chi connectivity index (χ1) is 6.65. The Morgan fingerprint density at radius 1 is 1.64 bits per heavy atom. The van der Waals surface area contributed by atoms with Crippen LogP contribution in [0.3, 0.4) is 0 Å². The Morgan fingerprint density at radius 3 is 2.86 bits per heavy atom. The Kier molecular flexibility index (Phi) is 4.20. The van der Waals surface area contributed by atoms with Gasteiger partial charge >= 0.3 is 6.03 Å². The molecule has 0 saturated carbocycles. The quantitative estimate of drug-likeness (QED) is 0.728. The highest BCUT2D eigenvalue weighted by molar-refractivity contribution is 5.74. The highest BCUT2D eigenvalue weighted by atomic mass is 16.2. The van der Waals surface area contributed by atoms with Gasteiger partial charge in [-0.05, 0) is 25.3 Å². The number of urea groups is 1. The van der Waals surface area contributed by atoms with Crippen LogP contribution < -0.4 is 5.73 Å². The van der Waals surface area contributed by atoms with Gasteiger partial charge in [0, 0.05) is 26.7 Å². The number of hydrogen-bond donors (Lipinski definition) is 1. The Bertz CT molecular complexity index is 196. The summed E-state index contributed by atoms with van der Waals surface area (Å²) in [6, 6.07) is 0.155. The van der Waals surface area contributed by atoms with Crippen LogP contribution in [0.2, 0.25) is 0 Å². The van der Waals surface area contributed by atoms with Crippen LogP contribution in [0.4, 0.5) is 4.79 Å². The monoisotopic (exact) mass is 199 g/mol. The second-order valence-corrected chi connectivity index (χ2v) is 4.19. The van der Waals surface area contributed by atoms with E-state index in [1.165, 1.54) is 0 Å². The fraction of sp³-hybridized carbons (Fsp3) is 0.900. The van der Waals surface area contributed by atoms with Crippen molar-refractivity contribution in [2.45, 2.75) is 19.8 Å². The Labute approximate surface area is 86.0 Å². The van der Waals surface area contributed by atoms with Gasteiger partial charge in [-0.3, -0.25) is 0 Å². The molecular weight excluding hydrogens is 178 g/mol. The van der Waals surface area contributed by atoms with Crippen molar-refractivity contribution in [3.05, 3.63) is 0 Å². The van der Waals surface area contributed by atoms with E-state index in [0.29, 0.717) is 12.5 Å². The van der Waals surface area contributed by atoms with E-state index in [-0.39, 0.29) is 6.03 Å². The first kappa shape index (κ1) is 11.3. The molecule has 1 atom stereocenters. The standard InChI is InChI=1S/C10H21N3O/c1-9-4-7-13(8-9)10(14)12(2)6-3-5-11/h9H,3-8,11H2,1-2H3. The second kappa shape index (κ2) is 5.20. The summed E-state index contributed by atoms with van der Waals surface area (Å²) < 4.78 is 0. The van der Waals surface area contributed by atoms with Crippen molar-refractivity contribution in [3.8, 4) is 0 Å². The van der Waals surface area contributed by atoms with Crippen LogP contribution in [-0.2, 0) is 0 Å². The van der Waals surface area contributed by atoms with Gasteiger partial charge in [-0.2, -0.15) is 0 Å². The lowest BCUT2D eigenvalue weighted by molar-refractivity contribution is 0.171. The molecule has 4 heteroatoms. The largest absolute Gasteiger partial charge is 0.330 e. The molecule has 2 N–H and O–H groups in total. The zero-order valence-corrected chi connectivity index (χ0v) is 9.20. The normalized spacial score (nSPS) is 21.4. The average molecular weight is 199 g/mol. The summed E-state index contributed by atoms with van der Waals surface area (Å²) in [4.78, 5) is 15.5. The molecule has 1 aliphatic rings. The number of carbonyl (C=O) groups is 1. The van der Waals surface area contributed by atoms with Crippen molar-refractivity contribution in [2.24, 2.45) is 11.7 Å². The van der Waals surface area contributed by atoms with Crippen molar-refractivity contribution in [2.75, 3.05) is 33.2 Å². The molecule has 2 amide bonds. The minimum Gasteiger partial charge on any atom is -0.330 e. The Morgan fingerprint density at radius 2 is 2.36 bits per heavy atom. The smallest absolute Gasteiger partial charge is 0.319 e. The maximum Gasteiger partial charge on any atom is 0.319 e. The van der Waals surface area contributed by atoms with Crippen LogP contribution >= 0.6 is 0 Å². The molecule has 1 unspecified atom stereocenters. The van der Waals surface area contributed by atoms with E-state index in [2.05, 4.69) is 6.92 Å². The minimum atomic E-state index is 0.155. The molecule has 1 rings (SSSR count). The van der Waals surface area contributed by atoms with E-state index in [4.69, 9.17) is 5.73 Å². The van der Waals surface area contributed by atoms with Gasteiger partial charge in [0.25, 0.3) is 0 Å². The molecule has 14 heavy (non-hydrogen) atoms. The van der Waals surface area contributed by atoms with Crippen LogP contribution in [0.15, 0.2) is 0 Å². The van der Waals surface area contributed by atoms with Crippen molar-refractivity contribution in [1.29, 1.82) is 0 Å². The molecule has 1 aliphatic heterocycles. The molecule has 0 aliphatic carbocycles. The third-order valence-corrected chi connectivity index (χ3v) is 2.72. The second-order valence-electron chi connectivity index (χ2n) is 4.19. The number of nitrogens with zero attached hydrogens (tertiary/aromatic N) is 2. The summed E-state index contributed by atoms with van der Waals surface area (Å²) in [6.45, 7) is 5.42. The highest BCUT2D eigenvalue weighted by Crippen LogP contribution is 2.16. The lowest BCUT2D eigenvalue weighted by Gasteiger charge is -2.24. The molecule has 0 bridgehead atoms. The maximum absolute atomic E-state index is 11.8. The fourth-order valence-electron chi connectivity index (χ4n) is 1.77. The third kappa shape index (κ3) is 2.87. The topological polar surface area (TPSA) is 49.6 Å². The van der Waals surface area contributed by atoms with Gasteiger partial charge in [-0.25, -0.2) is 4.79 Å². The lowest BCUT2D eigenvalue weighted by atomic mass is 10.2. The number of rotatable bonds is 3. The molecule has 1 fully saturated rings. The first-order valence-electron chi connectivity index (χ1n) is 5.35. The van der Waals surface area contributed by atoms with E-state index in [9.17, 15) is 4.79 Å². The molecule has 0 aromatic rings. The summed E-state index contributed by atoms with van der Waals surface area (Å²) >= 11 is 0. The molecule has 0 aromatic heterocycles. The summed E-state index contributed by atoms with van der Waals surface area (Å²) in [7, 11) is 1.85. The maximum atomic E-state index is 11.8. The molecule has 0 aromatic carbocycles. The van der Waals surface area contributed by atoms with E-state index in [1.807, 2.05) is 11.9 Å². The fourth-order valence-corrected chi connectivity index (χ4v) is 1.77. The van der Waals surface area contributed by atoms with E-state index >= 15 is 0 Å². The van der Waals surface area contributed by atoms with Gasteiger partial charge in [0.1, 0.15) is 0 Å². The van der Waals surface area contributed by atoms with Gasteiger partial charge < -0.3 is 15.5 Å². The molecule has 0 radical (unpaired) electrons. The minimum absolute atomic E-state index is 0.155.